The lowest BCUT2D eigenvalue weighted by atomic mass is 9.82. The summed E-state index contributed by atoms with van der Waals surface area (Å²) in [4.78, 5) is 0. The first kappa shape index (κ1) is 32.2. The van der Waals surface area contributed by atoms with Crippen molar-refractivity contribution in [1.29, 1.82) is 0 Å². The Morgan fingerprint density at radius 1 is 0.370 bits per heavy atom. The molecule has 1 fully saturated rings. The molecule has 0 bridgehead atoms. The molecule has 0 atom stereocenters. The average molecular weight is 735 g/mol. The maximum Gasteiger partial charge on any atom is 0.204 e. The Balaban J connectivity index is 1.57. The first-order valence-corrected chi connectivity index (χ1v) is 16.2. The van der Waals surface area contributed by atoms with E-state index in [0.29, 0.717) is 34.8 Å². The zero-order chi connectivity index (χ0) is 38.4. The minimum atomic E-state index is -1.35. The summed E-state index contributed by atoms with van der Waals surface area (Å²) in [6.07, 6.45) is 0.914. The van der Waals surface area contributed by atoms with Gasteiger partial charge in [0.25, 0.3) is 0 Å². The highest BCUT2D eigenvalue weighted by Crippen LogP contribution is 2.66. The van der Waals surface area contributed by atoms with Crippen molar-refractivity contribution in [2.45, 2.75) is 18.8 Å². The predicted octanol–water partition coefficient (Wildman–Crippen LogP) is 7.14. The summed E-state index contributed by atoms with van der Waals surface area (Å²) in [5.74, 6) is -17.2. The van der Waals surface area contributed by atoms with Gasteiger partial charge in [-0.25, -0.2) is 0 Å². The van der Waals surface area contributed by atoms with Crippen LogP contribution in [0.5, 0.6) is 80.5 Å². The van der Waals surface area contributed by atoms with Crippen LogP contribution in [0.3, 0.4) is 0 Å². The van der Waals surface area contributed by atoms with Gasteiger partial charge in [0.15, 0.2) is 46.0 Å². The van der Waals surface area contributed by atoms with Gasteiger partial charge >= 0.3 is 0 Å². The van der Waals surface area contributed by atoms with E-state index in [9.17, 15) is 71.5 Å². The molecule has 9 rings (SSSR count). The molecule has 272 valence electrons. The predicted molar refractivity (Wildman–Crippen MR) is 192 cm³/mol. The van der Waals surface area contributed by atoms with Crippen LogP contribution in [0.4, 0.5) is 0 Å². The fourth-order valence-corrected chi connectivity index (χ4v) is 7.73. The molecule has 8 aromatic rings. The van der Waals surface area contributed by atoms with Crippen molar-refractivity contribution in [2.75, 3.05) is 0 Å². The van der Waals surface area contributed by atoms with Crippen molar-refractivity contribution in [3.05, 3.63) is 48.0 Å². The highest BCUT2D eigenvalue weighted by molar-refractivity contribution is 6.31. The Bertz CT molecular complexity index is 2970. The third kappa shape index (κ3) is 3.83. The second-order valence-corrected chi connectivity index (χ2v) is 13.3. The van der Waals surface area contributed by atoms with Gasteiger partial charge in [-0.05, 0) is 42.5 Å². The van der Waals surface area contributed by atoms with E-state index < -0.39 is 130 Å². The Hall–Kier alpha value is -7.68. The van der Waals surface area contributed by atoms with Crippen molar-refractivity contribution < 1.29 is 75.9 Å². The lowest BCUT2D eigenvalue weighted by molar-refractivity contribution is 0.350. The van der Waals surface area contributed by atoms with E-state index >= 15 is 0 Å². The summed E-state index contributed by atoms with van der Waals surface area (Å²) in [7, 11) is 0. The number of hydrogen-bond acceptors (Lipinski definition) is 15. The third-order valence-electron chi connectivity index (χ3n) is 10.3. The van der Waals surface area contributed by atoms with Gasteiger partial charge in [0.05, 0.1) is 10.9 Å². The van der Waals surface area contributed by atoms with Gasteiger partial charge in [0.2, 0.25) is 28.7 Å². The van der Waals surface area contributed by atoms with Crippen LogP contribution in [0.1, 0.15) is 24.3 Å². The Kier molecular flexibility index (Phi) is 6.24. The van der Waals surface area contributed by atoms with Crippen molar-refractivity contribution in [3.63, 3.8) is 0 Å². The van der Waals surface area contributed by atoms with Gasteiger partial charge in [0, 0.05) is 54.4 Å². The summed E-state index contributed by atoms with van der Waals surface area (Å²) in [5, 5.41) is 155. The number of rotatable bonds is 3. The quantitative estimate of drug-likeness (QED) is 0.0487. The topological polar surface area (TPSA) is 296 Å². The highest BCUT2D eigenvalue weighted by Gasteiger charge is 2.39. The molecule has 1 saturated carbocycles. The highest BCUT2D eigenvalue weighted by atomic mass is 16.4. The van der Waals surface area contributed by atoms with Crippen LogP contribution < -0.4 is 0 Å². The molecule has 7 aromatic carbocycles. The van der Waals surface area contributed by atoms with Gasteiger partial charge in [0.1, 0.15) is 16.9 Å². The number of para-hydroxylation sites is 1. The smallest absolute Gasteiger partial charge is 0.204 e. The molecular formula is C39H26O15. The summed E-state index contributed by atoms with van der Waals surface area (Å²) in [6.45, 7) is 0. The van der Waals surface area contributed by atoms with Crippen molar-refractivity contribution in [2.24, 2.45) is 0 Å². The van der Waals surface area contributed by atoms with Gasteiger partial charge in [-0.3, -0.25) is 0 Å². The van der Waals surface area contributed by atoms with Crippen LogP contribution >= 0.6 is 0 Å². The molecule has 0 spiro atoms. The fourth-order valence-electron chi connectivity index (χ4n) is 7.73. The molecule has 0 aliphatic heterocycles. The molecule has 0 amide bonds. The molecule has 1 heterocycles. The molecule has 14 N–H and O–H groups in total. The number of aromatic hydroxyl groups is 14. The van der Waals surface area contributed by atoms with E-state index in [0.717, 1.165) is 0 Å². The zero-order valence-electron chi connectivity index (χ0n) is 27.2. The molecule has 15 nitrogen and oxygen atoms in total. The second kappa shape index (κ2) is 10.4. The monoisotopic (exact) mass is 734 g/mol. The summed E-state index contributed by atoms with van der Waals surface area (Å²) in [6, 6.07) is 11.4. The Morgan fingerprint density at radius 2 is 0.833 bits per heavy atom. The summed E-state index contributed by atoms with van der Waals surface area (Å²) >= 11 is 0. The van der Waals surface area contributed by atoms with Crippen LogP contribution in [0.25, 0.3) is 76.5 Å². The van der Waals surface area contributed by atoms with Crippen LogP contribution in [0, 0.1) is 0 Å². The van der Waals surface area contributed by atoms with E-state index in [2.05, 4.69) is 0 Å². The van der Waals surface area contributed by atoms with E-state index in [1.165, 1.54) is 18.2 Å². The second-order valence-electron chi connectivity index (χ2n) is 13.3. The normalized spacial score (nSPS) is 13.3. The maximum absolute atomic E-state index is 12.0. The lowest BCUT2D eigenvalue weighted by Crippen LogP contribution is -1.97. The minimum Gasteiger partial charge on any atom is -0.506 e. The van der Waals surface area contributed by atoms with Crippen LogP contribution in [-0.2, 0) is 0 Å². The van der Waals surface area contributed by atoms with E-state index in [1.54, 1.807) is 24.3 Å². The molecule has 1 aliphatic rings. The Morgan fingerprint density at radius 3 is 1.39 bits per heavy atom. The minimum absolute atomic E-state index is 0.0529. The maximum atomic E-state index is 12.0. The number of furan rings is 1. The number of hydrogen-bond donors (Lipinski definition) is 14. The van der Waals surface area contributed by atoms with Crippen LogP contribution in [0.2, 0.25) is 0 Å². The van der Waals surface area contributed by atoms with Gasteiger partial charge in [-0.1, -0.05) is 24.3 Å². The van der Waals surface area contributed by atoms with Crippen molar-refractivity contribution >= 4 is 54.3 Å². The molecule has 54 heavy (non-hydrogen) atoms. The number of fused-ring (bicyclic) bond motifs is 6. The van der Waals surface area contributed by atoms with Crippen LogP contribution in [0.15, 0.2) is 46.9 Å². The molecule has 0 radical (unpaired) electrons. The summed E-state index contributed by atoms with van der Waals surface area (Å²) < 4.78 is 5.92. The molecule has 0 saturated heterocycles. The summed E-state index contributed by atoms with van der Waals surface area (Å²) in [5.41, 5.74) is -1.41. The molecular weight excluding hydrogens is 708 g/mol. The van der Waals surface area contributed by atoms with Gasteiger partial charge in [-0.15, -0.1) is 0 Å². The van der Waals surface area contributed by atoms with Gasteiger partial charge in [-0.2, -0.15) is 0 Å². The molecule has 1 aliphatic carbocycles. The fraction of sp³-hybridized carbons (Fsp3) is 0.0769. The van der Waals surface area contributed by atoms with Crippen molar-refractivity contribution in [1.82, 2.24) is 0 Å². The lowest BCUT2D eigenvalue weighted by Gasteiger charge is -2.24. The molecule has 15 heteroatoms. The first-order chi connectivity index (χ1) is 25.7. The zero-order valence-corrected chi connectivity index (χ0v) is 27.2. The van der Waals surface area contributed by atoms with E-state index in [-0.39, 0.29) is 16.7 Å². The number of phenols is 14. The number of benzene rings is 7. The Labute approximate surface area is 299 Å². The van der Waals surface area contributed by atoms with Gasteiger partial charge < -0.3 is 75.9 Å². The molecule has 0 unspecified atom stereocenters. The average Bonchev–Trinajstić information content (AvgIpc) is 3.94. The van der Waals surface area contributed by atoms with E-state index in [1.807, 2.05) is 0 Å². The largest absolute Gasteiger partial charge is 0.506 e. The molecule has 1 aromatic heterocycles. The first-order valence-electron chi connectivity index (χ1n) is 16.2. The van der Waals surface area contributed by atoms with E-state index in [4.69, 9.17) is 4.42 Å². The third-order valence-corrected chi connectivity index (χ3v) is 10.3. The SMILES string of the molecule is Oc1c(O)c(C2CC2)c2c(O)c(O)c(-c3c4c(O)c(O)c(O)c(O)c4c(-c4ccc5oc6ccccc6c5c4)c4c(O)c(O)c(O)c(O)c34)c(O)c2c1O. The van der Waals surface area contributed by atoms with Crippen LogP contribution in [-0.4, -0.2) is 71.5 Å². The standard InChI is InChI=1S/C39H26O15/c40-26-24(33(47)28(42)21-17(10-5-6-10)27(41)35(49)34(48)25(21)26)18-22-19(29(43)36(50)38(52)31(22)45)16(20-23(18)32(46)39(53)37(51)30(20)44)11-7-8-15-13(9-11)12-3-1-2-4-14(12)54-15/h1-4,7-10,40-53H,5-6H2. The van der Waals surface area contributed by atoms with Crippen molar-refractivity contribution in [3.8, 4) is 103 Å². The number of phenolic OH excluding ortho intramolecular Hbond substituents is 14.